The molecule has 2 nitrogen and oxygen atoms in total. The predicted molar refractivity (Wildman–Crippen MR) is 79.0 cm³/mol. The van der Waals surface area contributed by atoms with Gasteiger partial charge < -0.3 is 4.90 Å². The topological polar surface area (TPSA) is 20.3 Å². The molecule has 0 atom stereocenters. The van der Waals surface area contributed by atoms with Gasteiger partial charge in [-0.3, -0.25) is 4.79 Å². The van der Waals surface area contributed by atoms with E-state index < -0.39 is 0 Å². The Kier molecular flexibility index (Phi) is 5.44. The van der Waals surface area contributed by atoms with E-state index in [0.717, 1.165) is 18.5 Å². The van der Waals surface area contributed by atoms with Gasteiger partial charge in [-0.1, -0.05) is 56.5 Å². The predicted octanol–water partition coefficient (Wildman–Crippen LogP) is 3.80. The van der Waals surface area contributed by atoms with Gasteiger partial charge in [0.25, 0.3) is 0 Å². The van der Waals surface area contributed by atoms with Crippen molar-refractivity contribution in [2.45, 2.75) is 57.9 Å². The molecule has 0 heterocycles. The minimum atomic E-state index is 0.306. The number of carbonyl (C=O) groups excluding carboxylic acids is 1. The second kappa shape index (κ2) is 7.32. The average molecular weight is 259 g/mol. The molecule has 0 bridgehead atoms. The van der Waals surface area contributed by atoms with Crippen LogP contribution in [0.2, 0.25) is 0 Å². The third kappa shape index (κ3) is 4.09. The second-order valence-electron chi connectivity index (χ2n) is 5.54. The lowest BCUT2D eigenvalue weighted by molar-refractivity contribution is -0.133. The van der Waals surface area contributed by atoms with Crippen molar-refractivity contribution in [3.63, 3.8) is 0 Å². The van der Waals surface area contributed by atoms with Gasteiger partial charge in [-0.2, -0.15) is 0 Å². The zero-order valence-corrected chi connectivity index (χ0v) is 12.0. The number of benzene rings is 1. The summed E-state index contributed by atoms with van der Waals surface area (Å²) in [6, 6.07) is 10.6. The zero-order valence-electron chi connectivity index (χ0n) is 12.0. The highest BCUT2D eigenvalue weighted by Gasteiger charge is 2.24. The van der Waals surface area contributed by atoms with Crippen LogP contribution in [-0.2, 0) is 11.2 Å². The fraction of sp³-hybridized carbons (Fsp3) is 0.588. The monoisotopic (exact) mass is 259 g/mol. The first-order valence-electron chi connectivity index (χ1n) is 7.64. The highest BCUT2D eigenvalue weighted by atomic mass is 16.2. The van der Waals surface area contributed by atoms with Crippen LogP contribution in [0.15, 0.2) is 30.3 Å². The minimum Gasteiger partial charge on any atom is -0.339 e. The van der Waals surface area contributed by atoms with E-state index in [1.54, 1.807) is 0 Å². The molecule has 2 rings (SSSR count). The maximum atomic E-state index is 12.5. The van der Waals surface area contributed by atoms with Crippen LogP contribution >= 0.6 is 0 Å². The SMILES string of the molecule is CCCN(C(=O)Cc1ccccc1)C1CCCCC1. The quantitative estimate of drug-likeness (QED) is 0.787. The van der Waals surface area contributed by atoms with Crippen LogP contribution in [0, 0.1) is 0 Å². The molecule has 0 aliphatic heterocycles. The number of hydrogen-bond acceptors (Lipinski definition) is 1. The fourth-order valence-electron chi connectivity index (χ4n) is 3.02. The normalized spacial score (nSPS) is 16.3. The number of amides is 1. The van der Waals surface area contributed by atoms with Crippen molar-refractivity contribution in [2.24, 2.45) is 0 Å². The minimum absolute atomic E-state index is 0.306. The molecule has 19 heavy (non-hydrogen) atoms. The van der Waals surface area contributed by atoms with Crippen molar-refractivity contribution in [1.29, 1.82) is 0 Å². The van der Waals surface area contributed by atoms with E-state index in [4.69, 9.17) is 0 Å². The molecule has 2 heteroatoms. The molecule has 1 aliphatic carbocycles. The third-order valence-electron chi connectivity index (χ3n) is 4.00. The summed E-state index contributed by atoms with van der Waals surface area (Å²) in [6.45, 7) is 3.07. The zero-order chi connectivity index (χ0) is 13.5. The van der Waals surface area contributed by atoms with E-state index in [9.17, 15) is 4.79 Å². The van der Waals surface area contributed by atoms with Crippen LogP contribution < -0.4 is 0 Å². The Morgan fingerprint density at radius 3 is 2.47 bits per heavy atom. The van der Waals surface area contributed by atoms with E-state index in [-0.39, 0.29) is 0 Å². The van der Waals surface area contributed by atoms with Gasteiger partial charge in [0.05, 0.1) is 6.42 Å². The summed E-state index contributed by atoms with van der Waals surface area (Å²) in [4.78, 5) is 14.7. The number of hydrogen-bond donors (Lipinski definition) is 0. The van der Waals surface area contributed by atoms with Gasteiger partial charge in [0.15, 0.2) is 0 Å². The maximum Gasteiger partial charge on any atom is 0.227 e. The largest absolute Gasteiger partial charge is 0.339 e. The van der Waals surface area contributed by atoms with Gasteiger partial charge in [-0.05, 0) is 24.8 Å². The van der Waals surface area contributed by atoms with Crippen LogP contribution in [0.4, 0.5) is 0 Å². The standard InChI is InChI=1S/C17H25NO/c1-2-13-18(16-11-7-4-8-12-16)17(19)14-15-9-5-3-6-10-15/h3,5-6,9-10,16H,2,4,7-8,11-14H2,1H3. The first-order valence-corrected chi connectivity index (χ1v) is 7.64. The lowest BCUT2D eigenvalue weighted by Crippen LogP contribution is -2.42. The van der Waals surface area contributed by atoms with E-state index in [0.29, 0.717) is 18.4 Å². The van der Waals surface area contributed by atoms with Crippen LogP contribution in [0.25, 0.3) is 0 Å². The van der Waals surface area contributed by atoms with E-state index >= 15 is 0 Å². The first-order chi connectivity index (χ1) is 9.31. The lowest BCUT2D eigenvalue weighted by atomic mass is 9.93. The molecule has 104 valence electrons. The van der Waals surface area contributed by atoms with Gasteiger partial charge in [-0.15, -0.1) is 0 Å². The summed E-state index contributed by atoms with van der Waals surface area (Å²) in [5.74, 6) is 0.306. The molecular formula is C17H25NO. The molecule has 1 aromatic carbocycles. The number of rotatable bonds is 5. The molecular weight excluding hydrogens is 234 g/mol. The first kappa shape index (κ1) is 14.1. The summed E-state index contributed by atoms with van der Waals surface area (Å²) in [5, 5.41) is 0. The Bertz CT molecular complexity index is 382. The Hall–Kier alpha value is -1.31. The third-order valence-corrected chi connectivity index (χ3v) is 4.00. The van der Waals surface area contributed by atoms with Crippen LogP contribution in [0.3, 0.4) is 0 Å². The van der Waals surface area contributed by atoms with Crippen LogP contribution in [-0.4, -0.2) is 23.4 Å². The molecule has 1 aliphatic rings. The van der Waals surface area contributed by atoms with Gasteiger partial charge >= 0.3 is 0 Å². The molecule has 0 radical (unpaired) electrons. The van der Waals surface area contributed by atoms with Crippen molar-refractivity contribution in [1.82, 2.24) is 4.90 Å². The van der Waals surface area contributed by atoms with Crippen molar-refractivity contribution >= 4 is 5.91 Å². The molecule has 0 saturated heterocycles. The van der Waals surface area contributed by atoms with Gasteiger partial charge in [0.2, 0.25) is 5.91 Å². The van der Waals surface area contributed by atoms with Crippen molar-refractivity contribution in [3.05, 3.63) is 35.9 Å². The maximum absolute atomic E-state index is 12.5. The number of nitrogens with zero attached hydrogens (tertiary/aromatic N) is 1. The molecule has 0 aromatic heterocycles. The highest BCUT2D eigenvalue weighted by Crippen LogP contribution is 2.23. The summed E-state index contributed by atoms with van der Waals surface area (Å²) in [7, 11) is 0. The summed E-state index contributed by atoms with van der Waals surface area (Å²) in [5.41, 5.74) is 1.13. The van der Waals surface area contributed by atoms with Crippen molar-refractivity contribution < 1.29 is 4.79 Å². The van der Waals surface area contributed by atoms with Crippen LogP contribution in [0.5, 0.6) is 0 Å². The molecule has 1 aromatic rings. The van der Waals surface area contributed by atoms with E-state index in [1.165, 1.54) is 32.1 Å². The summed E-state index contributed by atoms with van der Waals surface area (Å²) >= 11 is 0. The fourth-order valence-corrected chi connectivity index (χ4v) is 3.02. The Morgan fingerprint density at radius 2 is 1.84 bits per heavy atom. The molecule has 0 spiro atoms. The van der Waals surface area contributed by atoms with E-state index in [2.05, 4.69) is 11.8 Å². The summed E-state index contributed by atoms with van der Waals surface area (Å²) in [6.07, 6.45) is 7.89. The average Bonchev–Trinajstić information content (AvgIpc) is 2.46. The molecule has 1 amide bonds. The van der Waals surface area contributed by atoms with E-state index in [1.807, 2.05) is 30.3 Å². The molecule has 0 unspecified atom stereocenters. The number of carbonyl (C=O) groups is 1. The van der Waals surface area contributed by atoms with Gasteiger partial charge in [0.1, 0.15) is 0 Å². The summed E-state index contributed by atoms with van der Waals surface area (Å²) < 4.78 is 0. The Labute approximate surface area is 116 Å². The Balaban J connectivity index is 1.99. The molecule has 0 N–H and O–H groups in total. The van der Waals surface area contributed by atoms with Gasteiger partial charge in [-0.25, -0.2) is 0 Å². The molecule has 1 fully saturated rings. The Morgan fingerprint density at radius 1 is 1.16 bits per heavy atom. The van der Waals surface area contributed by atoms with Crippen molar-refractivity contribution in [2.75, 3.05) is 6.54 Å². The molecule has 1 saturated carbocycles. The smallest absolute Gasteiger partial charge is 0.227 e. The highest BCUT2D eigenvalue weighted by molar-refractivity contribution is 5.79. The van der Waals surface area contributed by atoms with Crippen molar-refractivity contribution in [3.8, 4) is 0 Å². The lowest BCUT2D eigenvalue weighted by Gasteiger charge is -2.34. The second-order valence-corrected chi connectivity index (χ2v) is 5.54. The van der Waals surface area contributed by atoms with Crippen LogP contribution in [0.1, 0.15) is 51.0 Å². The van der Waals surface area contributed by atoms with Gasteiger partial charge in [0, 0.05) is 12.6 Å².